The highest BCUT2D eigenvalue weighted by Gasteiger charge is 2.06. The third-order valence-corrected chi connectivity index (χ3v) is 2.98. The highest BCUT2D eigenvalue weighted by atomic mass is 32.1. The van der Waals surface area contributed by atoms with Crippen LogP contribution in [-0.4, -0.2) is 6.29 Å². The Morgan fingerprint density at radius 2 is 2.23 bits per heavy atom. The summed E-state index contributed by atoms with van der Waals surface area (Å²) in [5.74, 6) is -0.216. The van der Waals surface area contributed by atoms with E-state index in [1.807, 2.05) is 0 Å². The summed E-state index contributed by atoms with van der Waals surface area (Å²) in [7, 11) is 0. The highest BCUT2D eigenvalue weighted by molar-refractivity contribution is 7.17. The van der Waals surface area contributed by atoms with E-state index in [9.17, 15) is 9.18 Å². The van der Waals surface area contributed by atoms with E-state index in [-0.39, 0.29) is 5.82 Å². The minimum absolute atomic E-state index is 0.216. The summed E-state index contributed by atoms with van der Waals surface area (Å²) < 4.78 is 13.9. The molecule has 1 nitrogen and oxygen atoms in total. The zero-order valence-corrected chi connectivity index (χ0v) is 7.82. The first-order chi connectivity index (χ1) is 6.22. The molecular weight excluding hydrogens is 187 g/mol. The van der Waals surface area contributed by atoms with Gasteiger partial charge in [-0.25, -0.2) is 4.39 Å². The number of hydrogen-bond acceptors (Lipinski definition) is 2. The predicted octanol–water partition coefficient (Wildman–Crippen LogP) is 3.16. The molecule has 13 heavy (non-hydrogen) atoms. The number of halogens is 1. The van der Waals surface area contributed by atoms with E-state index in [1.165, 1.54) is 17.4 Å². The van der Waals surface area contributed by atoms with Gasteiger partial charge in [0.15, 0.2) is 6.29 Å². The van der Waals surface area contributed by atoms with Crippen LogP contribution in [0.25, 0.3) is 10.1 Å². The van der Waals surface area contributed by atoms with E-state index in [0.29, 0.717) is 11.1 Å². The Kier molecular flexibility index (Phi) is 1.88. The van der Waals surface area contributed by atoms with E-state index < -0.39 is 0 Å². The third kappa shape index (κ3) is 1.25. The summed E-state index contributed by atoms with van der Waals surface area (Å²) in [6, 6.07) is 3.19. The van der Waals surface area contributed by atoms with Crippen molar-refractivity contribution in [1.29, 1.82) is 0 Å². The van der Waals surface area contributed by atoms with Crippen LogP contribution >= 0.6 is 11.3 Å². The molecule has 0 amide bonds. The van der Waals surface area contributed by atoms with Crippen molar-refractivity contribution >= 4 is 27.7 Å². The first-order valence-electron chi connectivity index (χ1n) is 3.85. The van der Waals surface area contributed by atoms with E-state index in [0.717, 1.165) is 16.4 Å². The maximum absolute atomic E-state index is 13.1. The van der Waals surface area contributed by atoms with Crippen LogP contribution in [0.1, 0.15) is 15.9 Å². The predicted molar refractivity (Wildman–Crippen MR) is 51.9 cm³/mol. The second kappa shape index (κ2) is 2.92. The lowest BCUT2D eigenvalue weighted by Gasteiger charge is -1.96. The van der Waals surface area contributed by atoms with Gasteiger partial charge in [-0.05, 0) is 24.6 Å². The lowest BCUT2D eigenvalue weighted by molar-refractivity contribution is 0.112. The quantitative estimate of drug-likeness (QED) is 0.637. The highest BCUT2D eigenvalue weighted by Crippen LogP contribution is 2.27. The number of rotatable bonds is 1. The molecule has 1 heterocycles. The minimum atomic E-state index is -0.216. The average Bonchev–Trinajstić information content (AvgIpc) is 2.48. The number of fused-ring (bicyclic) bond motifs is 1. The monoisotopic (exact) mass is 194 g/mol. The molecule has 0 aliphatic carbocycles. The van der Waals surface area contributed by atoms with Crippen molar-refractivity contribution in [2.45, 2.75) is 6.92 Å². The second-order valence-corrected chi connectivity index (χ2v) is 3.82. The van der Waals surface area contributed by atoms with Crippen LogP contribution < -0.4 is 0 Å². The average molecular weight is 194 g/mol. The number of thiophene rings is 1. The van der Waals surface area contributed by atoms with Crippen LogP contribution in [0.4, 0.5) is 4.39 Å². The van der Waals surface area contributed by atoms with Gasteiger partial charge in [-0.1, -0.05) is 0 Å². The third-order valence-electron chi connectivity index (χ3n) is 2.01. The summed E-state index contributed by atoms with van der Waals surface area (Å²) in [5.41, 5.74) is 1.22. The first kappa shape index (κ1) is 8.38. The van der Waals surface area contributed by atoms with E-state index in [2.05, 4.69) is 0 Å². The molecule has 0 N–H and O–H groups in total. The van der Waals surface area contributed by atoms with Crippen LogP contribution in [0.15, 0.2) is 17.5 Å². The number of aldehydes is 1. The Labute approximate surface area is 78.8 Å². The Hall–Kier alpha value is -1.22. The Bertz CT molecular complexity index is 473. The Morgan fingerprint density at radius 3 is 2.92 bits per heavy atom. The van der Waals surface area contributed by atoms with Crippen molar-refractivity contribution in [3.63, 3.8) is 0 Å². The maximum atomic E-state index is 13.1. The van der Waals surface area contributed by atoms with Gasteiger partial charge < -0.3 is 0 Å². The smallest absolute Gasteiger partial charge is 0.151 e. The van der Waals surface area contributed by atoms with Crippen molar-refractivity contribution in [2.75, 3.05) is 0 Å². The lowest BCUT2D eigenvalue weighted by Crippen LogP contribution is -1.82. The topological polar surface area (TPSA) is 17.1 Å². The molecule has 0 saturated carbocycles. The fraction of sp³-hybridized carbons (Fsp3) is 0.100. The van der Waals surface area contributed by atoms with Gasteiger partial charge in [-0.3, -0.25) is 4.79 Å². The summed E-state index contributed by atoms with van der Waals surface area (Å²) >= 11 is 1.39. The Balaban J connectivity index is 2.84. The van der Waals surface area contributed by atoms with Crippen molar-refractivity contribution < 1.29 is 9.18 Å². The number of carbonyl (C=O) groups excluding carboxylic acids is 1. The fourth-order valence-electron chi connectivity index (χ4n) is 1.27. The molecule has 0 aliphatic rings. The second-order valence-electron chi connectivity index (χ2n) is 2.91. The van der Waals surface area contributed by atoms with Crippen LogP contribution in [0, 0.1) is 12.7 Å². The van der Waals surface area contributed by atoms with Gasteiger partial charge in [-0.2, -0.15) is 0 Å². The number of hydrogen-bond donors (Lipinski definition) is 0. The van der Waals surface area contributed by atoms with Crippen LogP contribution in [0.3, 0.4) is 0 Å². The van der Waals surface area contributed by atoms with E-state index in [4.69, 9.17) is 0 Å². The molecule has 0 aliphatic heterocycles. The van der Waals surface area contributed by atoms with Crippen molar-refractivity contribution in [3.05, 3.63) is 34.5 Å². The molecule has 2 rings (SSSR count). The molecule has 1 aromatic heterocycles. The molecule has 2 aromatic rings. The van der Waals surface area contributed by atoms with Gasteiger partial charge in [0.2, 0.25) is 0 Å². The lowest BCUT2D eigenvalue weighted by atomic mass is 10.1. The molecule has 0 radical (unpaired) electrons. The number of aryl methyl sites for hydroxylation is 1. The molecule has 0 saturated heterocycles. The molecule has 0 spiro atoms. The molecule has 0 unspecified atom stereocenters. The zero-order chi connectivity index (χ0) is 9.42. The van der Waals surface area contributed by atoms with Gasteiger partial charge in [0.25, 0.3) is 0 Å². The SMILES string of the molecule is Cc1cc2c(C=O)csc2cc1F. The number of benzene rings is 1. The largest absolute Gasteiger partial charge is 0.298 e. The number of carbonyl (C=O) groups is 1. The molecule has 0 fully saturated rings. The maximum Gasteiger partial charge on any atom is 0.151 e. The summed E-state index contributed by atoms with van der Waals surface area (Å²) in [6.07, 6.45) is 0.802. The van der Waals surface area contributed by atoms with Gasteiger partial charge >= 0.3 is 0 Å². The summed E-state index contributed by atoms with van der Waals surface area (Å²) in [5, 5.41) is 2.59. The summed E-state index contributed by atoms with van der Waals surface area (Å²) in [4.78, 5) is 10.6. The van der Waals surface area contributed by atoms with Gasteiger partial charge in [-0.15, -0.1) is 11.3 Å². The van der Waals surface area contributed by atoms with Gasteiger partial charge in [0.05, 0.1) is 0 Å². The van der Waals surface area contributed by atoms with Crippen molar-refractivity contribution in [3.8, 4) is 0 Å². The van der Waals surface area contributed by atoms with Crippen molar-refractivity contribution in [1.82, 2.24) is 0 Å². The molecule has 3 heteroatoms. The van der Waals surface area contributed by atoms with E-state index in [1.54, 1.807) is 18.4 Å². The minimum Gasteiger partial charge on any atom is -0.298 e. The van der Waals surface area contributed by atoms with Crippen LogP contribution in [-0.2, 0) is 0 Å². The van der Waals surface area contributed by atoms with Crippen LogP contribution in [0.2, 0.25) is 0 Å². The fourth-order valence-corrected chi connectivity index (χ4v) is 2.18. The standard InChI is InChI=1S/C10H7FOS/c1-6-2-8-7(4-12)5-13-10(8)3-9(6)11/h2-5H,1H3. The molecule has 0 bridgehead atoms. The molecular formula is C10H7FOS. The van der Waals surface area contributed by atoms with E-state index >= 15 is 0 Å². The summed E-state index contributed by atoms with van der Waals surface area (Å²) in [6.45, 7) is 1.70. The van der Waals surface area contributed by atoms with Gasteiger partial charge in [0.1, 0.15) is 5.82 Å². The molecule has 1 aromatic carbocycles. The molecule has 0 atom stereocenters. The first-order valence-corrected chi connectivity index (χ1v) is 4.73. The normalized spacial score (nSPS) is 10.6. The van der Waals surface area contributed by atoms with Crippen LogP contribution in [0.5, 0.6) is 0 Å². The Morgan fingerprint density at radius 1 is 1.46 bits per heavy atom. The van der Waals surface area contributed by atoms with Crippen molar-refractivity contribution in [2.24, 2.45) is 0 Å². The zero-order valence-electron chi connectivity index (χ0n) is 7.00. The molecule has 66 valence electrons. The van der Waals surface area contributed by atoms with Gasteiger partial charge in [0, 0.05) is 21.0 Å².